The Morgan fingerprint density at radius 1 is 1.16 bits per heavy atom. The number of nitrogens with one attached hydrogen (secondary N) is 2. The molecule has 196 valence electrons. The fraction of sp³-hybridized carbons (Fsp3) is 0.320. The number of carbonyl (C=O) groups is 2. The normalized spacial score (nSPS) is 15.5. The number of likely N-dealkylation sites (tertiary alicyclic amines) is 1. The summed E-state index contributed by atoms with van der Waals surface area (Å²) in [5, 5.41) is 9.95. The molecule has 1 saturated heterocycles. The fourth-order valence-electron chi connectivity index (χ4n) is 4.10. The van der Waals surface area contributed by atoms with Gasteiger partial charge in [0, 0.05) is 66.7 Å². The third-order valence-corrected chi connectivity index (χ3v) is 7.47. The van der Waals surface area contributed by atoms with Crippen LogP contribution < -0.4 is 10.6 Å². The summed E-state index contributed by atoms with van der Waals surface area (Å²) in [6.07, 6.45) is 7.91. The van der Waals surface area contributed by atoms with Crippen molar-refractivity contribution in [2.75, 3.05) is 31.5 Å². The van der Waals surface area contributed by atoms with Crippen LogP contribution in [-0.2, 0) is 0 Å². The van der Waals surface area contributed by atoms with Crippen LogP contribution in [0.3, 0.4) is 0 Å². The van der Waals surface area contributed by atoms with Crippen molar-refractivity contribution in [3.63, 3.8) is 0 Å². The molecule has 4 aromatic heterocycles. The zero-order chi connectivity index (χ0) is 26.0. The molecule has 0 aliphatic carbocycles. The molecule has 1 fully saturated rings. The van der Waals surface area contributed by atoms with Crippen LogP contribution in [0.2, 0.25) is 0 Å². The molecule has 5 rings (SSSR count). The van der Waals surface area contributed by atoms with Crippen molar-refractivity contribution in [2.24, 2.45) is 0 Å². The van der Waals surface area contributed by atoms with Gasteiger partial charge in [0.25, 0.3) is 17.7 Å². The van der Waals surface area contributed by atoms with E-state index >= 15 is 0 Å². The number of amides is 2. The predicted octanol–water partition coefficient (Wildman–Crippen LogP) is 4.37. The number of hydrogen-bond acceptors (Lipinski definition) is 7. The Hall–Kier alpha value is -3.77. The van der Waals surface area contributed by atoms with E-state index in [1.807, 2.05) is 23.2 Å². The third-order valence-electron chi connectivity index (χ3n) is 6.30. The lowest BCUT2D eigenvalue weighted by Crippen LogP contribution is -2.43. The highest BCUT2D eigenvalue weighted by Crippen LogP contribution is 2.30. The van der Waals surface area contributed by atoms with Gasteiger partial charge in [-0.25, -0.2) is 13.3 Å². The van der Waals surface area contributed by atoms with Gasteiger partial charge in [-0.15, -0.1) is 11.3 Å². The first-order valence-electron chi connectivity index (χ1n) is 11.8. The minimum Gasteiger partial charge on any atom is -0.351 e. The number of nitrogens with zero attached hydrogens (tertiary/aromatic N) is 5. The maximum absolute atomic E-state index is 13.3. The predicted molar refractivity (Wildman–Crippen MR) is 140 cm³/mol. The van der Waals surface area contributed by atoms with Crippen LogP contribution in [0, 0.1) is 6.92 Å². The number of aryl methyl sites for hydroxylation is 1. The highest BCUT2D eigenvalue weighted by atomic mass is 32.1. The monoisotopic (exact) mass is 529 g/mol. The van der Waals surface area contributed by atoms with Crippen molar-refractivity contribution in [3.8, 4) is 10.4 Å². The molecule has 1 aliphatic heterocycles. The molecule has 37 heavy (non-hydrogen) atoms. The molecule has 1 aliphatic rings. The van der Waals surface area contributed by atoms with Gasteiger partial charge in [0.15, 0.2) is 0 Å². The summed E-state index contributed by atoms with van der Waals surface area (Å²) in [6.45, 7) is 3.17. The molecule has 0 atom stereocenters. The summed E-state index contributed by atoms with van der Waals surface area (Å²) in [5.74, 6) is -3.30. The molecule has 0 radical (unpaired) electrons. The maximum atomic E-state index is 13.3. The van der Waals surface area contributed by atoms with E-state index in [4.69, 9.17) is 0 Å². The van der Waals surface area contributed by atoms with Crippen molar-refractivity contribution in [1.29, 1.82) is 0 Å². The summed E-state index contributed by atoms with van der Waals surface area (Å²) < 4.78 is 28.3. The number of anilines is 1. The second-order valence-electron chi connectivity index (χ2n) is 8.90. The van der Waals surface area contributed by atoms with Gasteiger partial charge in [-0.3, -0.25) is 19.6 Å². The summed E-state index contributed by atoms with van der Waals surface area (Å²) in [6, 6.07) is 5.36. The molecular formula is C25H29F2N7O2S. The van der Waals surface area contributed by atoms with Gasteiger partial charge in [0.1, 0.15) is 4.83 Å². The first kappa shape index (κ1) is 24.9. The number of fused-ring (bicyclic) bond motifs is 1. The minimum absolute atomic E-state index is 0. The molecule has 0 saturated carbocycles. The van der Waals surface area contributed by atoms with Crippen LogP contribution in [-0.4, -0.2) is 68.4 Å². The van der Waals surface area contributed by atoms with Gasteiger partial charge in [-0.05, 0) is 30.7 Å². The molecule has 2 amide bonds. The van der Waals surface area contributed by atoms with Crippen LogP contribution in [0.25, 0.3) is 15.3 Å². The number of halogens is 2. The Bertz CT molecular complexity index is 1440. The van der Waals surface area contributed by atoms with Crippen LogP contribution in [0.1, 0.15) is 42.1 Å². The van der Waals surface area contributed by atoms with Gasteiger partial charge in [-0.2, -0.15) is 5.10 Å². The average molecular weight is 530 g/mol. The highest BCUT2D eigenvalue weighted by molar-refractivity contribution is 7.21. The van der Waals surface area contributed by atoms with E-state index in [9.17, 15) is 18.4 Å². The molecule has 2 N–H and O–H groups in total. The van der Waals surface area contributed by atoms with Crippen molar-refractivity contribution in [3.05, 3.63) is 66.0 Å². The van der Waals surface area contributed by atoms with E-state index in [0.29, 0.717) is 53.5 Å². The molecule has 5 heterocycles. The lowest BCUT2D eigenvalue weighted by Gasteiger charge is -2.31. The Morgan fingerprint density at radius 2 is 1.92 bits per heavy atom. The van der Waals surface area contributed by atoms with E-state index in [1.54, 1.807) is 29.9 Å². The standard InChI is InChI=1S/C25H25F2N7O2S.2H2/c1-16-20(12-18(13-30-16)22(35)29-8-11-33-9-4-25(26,27)5-10-33)32-23(36)19-14-31-34-15-21(37-24(19)34)17-2-6-28-7-3-17;;/h2-3,6-7,12-15H,4-5,8-11H2,1H3,(H,29,35)(H,32,36);2*1H. The molecular weight excluding hydrogens is 500 g/mol. The summed E-state index contributed by atoms with van der Waals surface area (Å²) in [4.78, 5) is 37.6. The Balaban J connectivity index is 0.00000210. The number of pyridine rings is 2. The molecule has 0 aromatic carbocycles. The zero-order valence-electron chi connectivity index (χ0n) is 20.1. The van der Waals surface area contributed by atoms with Crippen LogP contribution in [0.5, 0.6) is 0 Å². The molecule has 12 heteroatoms. The van der Waals surface area contributed by atoms with Crippen molar-refractivity contribution in [1.82, 2.24) is 29.8 Å². The molecule has 4 aromatic rings. The van der Waals surface area contributed by atoms with Crippen molar-refractivity contribution >= 4 is 33.7 Å². The minimum atomic E-state index is -2.59. The van der Waals surface area contributed by atoms with E-state index < -0.39 is 5.92 Å². The number of carbonyl (C=O) groups excluding carboxylic acids is 2. The van der Waals surface area contributed by atoms with E-state index in [0.717, 1.165) is 10.4 Å². The lowest BCUT2D eigenvalue weighted by molar-refractivity contribution is -0.0547. The summed E-state index contributed by atoms with van der Waals surface area (Å²) >= 11 is 1.44. The average Bonchev–Trinajstić information content (AvgIpc) is 3.48. The first-order valence-corrected chi connectivity index (χ1v) is 12.6. The number of piperidine rings is 1. The van der Waals surface area contributed by atoms with Gasteiger partial charge < -0.3 is 15.5 Å². The second kappa shape index (κ2) is 10.3. The van der Waals surface area contributed by atoms with Crippen LogP contribution in [0.15, 0.2) is 49.2 Å². The summed E-state index contributed by atoms with van der Waals surface area (Å²) in [5.41, 5.74) is 2.66. The third kappa shape index (κ3) is 5.65. The van der Waals surface area contributed by atoms with E-state index in [2.05, 4.69) is 25.7 Å². The second-order valence-corrected chi connectivity index (χ2v) is 9.93. The largest absolute Gasteiger partial charge is 0.351 e. The van der Waals surface area contributed by atoms with Gasteiger partial charge in [-0.1, -0.05) is 0 Å². The molecule has 0 bridgehead atoms. The number of alkyl halides is 2. The van der Waals surface area contributed by atoms with Crippen molar-refractivity contribution in [2.45, 2.75) is 25.7 Å². The number of rotatable bonds is 7. The molecule has 0 spiro atoms. The van der Waals surface area contributed by atoms with E-state index in [1.165, 1.54) is 23.7 Å². The SMILES string of the molecule is Cc1ncc(C(=O)NCCN2CCC(F)(F)CC2)cc1NC(=O)c1cnn2cc(-c3ccncc3)sc12.[HH].[HH]. The maximum Gasteiger partial charge on any atom is 0.260 e. The van der Waals surface area contributed by atoms with Gasteiger partial charge in [0.2, 0.25) is 0 Å². The van der Waals surface area contributed by atoms with Crippen LogP contribution in [0.4, 0.5) is 14.5 Å². The van der Waals surface area contributed by atoms with E-state index in [-0.39, 0.29) is 27.5 Å². The zero-order valence-corrected chi connectivity index (χ0v) is 20.9. The number of hydrogen-bond donors (Lipinski definition) is 2. The Morgan fingerprint density at radius 3 is 2.68 bits per heavy atom. The lowest BCUT2D eigenvalue weighted by atomic mass is 10.1. The van der Waals surface area contributed by atoms with Gasteiger partial charge in [0.05, 0.1) is 33.6 Å². The topological polar surface area (TPSA) is 105 Å². The highest BCUT2D eigenvalue weighted by Gasteiger charge is 2.33. The molecule has 9 nitrogen and oxygen atoms in total. The molecule has 0 unspecified atom stereocenters. The Labute approximate surface area is 218 Å². The Kier molecular flexibility index (Phi) is 6.94. The first-order chi connectivity index (χ1) is 17.8. The number of aromatic nitrogens is 4. The summed E-state index contributed by atoms with van der Waals surface area (Å²) in [7, 11) is 0. The smallest absolute Gasteiger partial charge is 0.260 e. The van der Waals surface area contributed by atoms with Crippen LogP contribution >= 0.6 is 11.3 Å². The number of thiazole rings is 1. The van der Waals surface area contributed by atoms with Crippen molar-refractivity contribution < 1.29 is 21.2 Å². The quantitative estimate of drug-likeness (QED) is 0.369. The fourth-order valence-corrected chi connectivity index (χ4v) is 5.16. The van der Waals surface area contributed by atoms with Gasteiger partial charge >= 0.3 is 0 Å².